The largest absolute Gasteiger partial charge is 0.469 e. The van der Waals surface area contributed by atoms with Crippen molar-refractivity contribution in [3.05, 3.63) is 93.9 Å². The third-order valence-electron chi connectivity index (χ3n) is 9.37. The molecule has 3 unspecified atom stereocenters. The van der Waals surface area contributed by atoms with Gasteiger partial charge in [0.25, 0.3) is 0 Å². The van der Waals surface area contributed by atoms with E-state index in [4.69, 9.17) is 4.42 Å². The summed E-state index contributed by atoms with van der Waals surface area (Å²) >= 11 is 0. The number of hydrogen-bond donors (Lipinski definition) is 0. The number of unbranched alkanes of at least 4 members (excludes halogenated alkanes) is 1. The molecule has 0 spiro atoms. The monoisotopic (exact) mass is 568 g/mol. The molecule has 0 aliphatic heterocycles. The van der Waals surface area contributed by atoms with Crippen molar-refractivity contribution in [2.24, 2.45) is 5.92 Å². The van der Waals surface area contributed by atoms with E-state index >= 15 is 0 Å². The van der Waals surface area contributed by atoms with E-state index in [0.717, 1.165) is 76.2 Å². The molecular formula is C38H48O4. The van der Waals surface area contributed by atoms with E-state index < -0.39 is 0 Å². The molecular weight excluding hydrogens is 520 g/mol. The van der Waals surface area contributed by atoms with Crippen LogP contribution in [0.2, 0.25) is 0 Å². The van der Waals surface area contributed by atoms with Crippen LogP contribution in [0.3, 0.4) is 0 Å². The Morgan fingerprint density at radius 2 is 1.79 bits per heavy atom. The number of carbonyl (C=O) groups is 3. The Kier molecular flexibility index (Phi) is 11.5. The molecule has 0 bridgehead atoms. The quantitative estimate of drug-likeness (QED) is 0.127. The van der Waals surface area contributed by atoms with Crippen molar-refractivity contribution < 1.29 is 18.8 Å². The fourth-order valence-corrected chi connectivity index (χ4v) is 6.76. The van der Waals surface area contributed by atoms with E-state index in [9.17, 15) is 14.4 Å². The van der Waals surface area contributed by atoms with Crippen LogP contribution in [0.25, 0.3) is 0 Å². The zero-order valence-electron chi connectivity index (χ0n) is 26.0. The Bertz CT molecular complexity index is 1360. The van der Waals surface area contributed by atoms with Gasteiger partial charge in [0, 0.05) is 30.2 Å². The molecule has 224 valence electrons. The average molecular weight is 569 g/mol. The summed E-state index contributed by atoms with van der Waals surface area (Å²) in [6, 6.07) is 16.4. The smallest absolute Gasteiger partial charge is 0.173 e. The topological polar surface area (TPSA) is 64.3 Å². The van der Waals surface area contributed by atoms with Gasteiger partial charge in [0.05, 0.1) is 11.8 Å². The maximum absolute atomic E-state index is 13.7. The first-order valence-corrected chi connectivity index (χ1v) is 16.1. The molecule has 0 N–H and O–H groups in total. The molecule has 1 saturated carbocycles. The van der Waals surface area contributed by atoms with E-state index in [1.807, 2.05) is 26.0 Å². The zero-order valence-corrected chi connectivity index (χ0v) is 26.0. The van der Waals surface area contributed by atoms with Crippen LogP contribution in [0.5, 0.6) is 0 Å². The highest BCUT2D eigenvalue weighted by atomic mass is 16.3. The molecule has 3 atom stereocenters. The summed E-state index contributed by atoms with van der Waals surface area (Å²) < 4.78 is 5.46. The van der Waals surface area contributed by atoms with Gasteiger partial charge >= 0.3 is 0 Å². The van der Waals surface area contributed by atoms with Crippen molar-refractivity contribution in [3.8, 4) is 0 Å². The van der Waals surface area contributed by atoms with E-state index in [1.54, 1.807) is 12.3 Å². The van der Waals surface area contributed by atoms with Crippen molar-refractivity contribution in [1.29, 1.82) is 0 Å². The summed E-state index contributed by atoms with van der Waals surface area (Å²) in [4.78, 5) is 39.0. The fourth-order valence-electron chi connectivity index (χ4n) is 6.76. The van der Waals surface area contributed by atoms with Gasteiger partial charge in [-0.25, -0.2) is 0 Å². The summed E-state index contributed by atoms with van der Waals surface area (Å²) in [7, 11) is 0. The van der Waals surface area contributed by atoms with Crippen LogP contribution < -0.4 is 0 Å². The number of benzene rings is 2. The Balaban J connectivity index is 1.53. The van der Waals surface area contributed by atoms with Gasteiger partial charge in [-0.05, 0) is 106 Å². The summed E-state index contributed by atoms with van der Waals surface area (Å²) in [5.41, 5.74) is 6.18. The van der Waals surface area contributed by atoms with Crippen molar-refractivity contribution >= 4 is 17.3 Å². The van der Waals surface area contributed by atoms with Gasteiger partial charge in [-0.1, -0.05) is 63.1 Å². The average Bonchev–Trinajstić information content (AvgIpc) is 3.61. The lowest BCUT2D eigenvalue weighted by Gasteiger charge is -2.24. The third-order valence-corrected chi connectivity index (χ3v) is 9.37. The number of Topliss-reactive ketones (excluding diaryl/α,β-unsaturated/α-hetero) is 3. The van der Waals surface area contributed by atoms with Crippen LogP contribution in [0, 0.1) is 19.8 Å². The van der Waals surface area contributed by atoms with Crippen LogP contribution in [0.15, 0.2) is 59.2 Å². The number of rotatable bonds is 16. The lowest BCUT2D eigenvalue weighted by Crippen LogP contribution is -2.15. The summed E-state index contributed by atoms with van der Waals surface area (Å²) in [6.45, 7) is 8.18. The Morgan fingerprint density at radius 3 is 2.48 bits per heavy atom. The van der Waals surface area contributed by atoms with Gasteiger partial charge in [0.1, 0.15) is 11.5 Å². The van der Waals surface area contributed by atoms with Crippen LogP contribution in [-0.2, 0) is 11.2 Å². The second-order valence-electron chi connectivity index (χ2n) is 12.3. The second-order valence-corrected chi connectivity index (χ2v) is 12.3. The molecule has 4 heteroatoms. The molecule has 3 aromatic rings. The lowest BCUT2D eigenvalue weighted by molar-refractivity contribution is -0.120. The van der Waals surface area contributed by atoms with E-state index in [2.05, 4.69) is 44.2 Å². The Labute approximate surface area is 252 Å². The molecule has 0 radical (unpaired) electrons. The van der Waals surface area contributed by atoms with E-state index in [1.165, 1.54) is 16.7 Å². The summed E-state index contributed by atoms with van der Waals surface area (Å²) in [6.07, 6.45) is 12.6. The maximum atomic E-state index is 13.7. The predicted octanol–water partition coefficient (Wildman–Crippen LogP) is 9.90. The minimum absolute atomic E-state index is 0.0310. The van der Waals surface area contributed by atoms with Crippen LogP contribution in [-0.4, -0.2) is 17.3 Å². The van der Waals surface area contributed by atoms with Gasteiger partial charge in [-0.2, -0.15) is 0 Å². The number of ketones is 3. The van der Waals surface area contributed by atoms with Gasteiger partial charge in [-0.15, -0.1) is 0 Å². The minimum atomic E-state index is -0.381. The molecule has 4 nitrogen and oxygen atoms in total. The molecule has 0 saturated heterocycles. The van der Waals surface area contributed by atoms with Gasteiger partial charge in [0.15, 0.2) is 11.6 Å². The van der Waals surface area contributed by atoms with Gasteiger partial charge < -0.3 is 4.42 Å². The molecule has 2 aromatic carbocycles. The first-order valence-electron chi connectivity index (χ1n) is 16.1. The van der Waals surface area contributed by atoms with Crippen LogP contribution in [0.1, 0.15) is 145 Å². The second kappa shape index (κ2) is 15.3. The molecule has 42 heavy (non-hydrogen) atoms. The normalized spacial score (nSPS) is 16.5. The highest BCUT2D eigenvalue weighted by Crippen LogP contribution is 2.36. The van der Waals surface area contributed by atoms with Crippen molar-refractivity contribution in [1.82, 2.24) is 0 Å². The van der Waals surface area contributed by atoms with Crippen molar-refractivity contribution in [2.45, 2.75) is 117 Å². The third kappa shape index (κ3) is 7.96. The molecule has 1 aromatic heterocycles. The standard InChI is InChI=1S/C38H48O4/c1-5-12-30(17-10-16-29-14-7-6-13-26(29)2)34-22-21-32(37(40)19-9-8-15-31-18-11-20-36(31)39)25-35(34)27(3)38(41)33-23-24-42-28(33)4/h6-7,13-14,21-25,27,30-31H,5,8-12,15-20H2,1-4H3. The van der Waals surface area contributed by atoms with Crippen molar-refractivity contribution in [3.63, 3.8) is 0 Å². The highest BCUT2D eigenvalue weighted by Gasteiger charge is 2.27. The molecule has 1 aliphatic rings. The predicted molar refractivity (Wildman–Crippen MR) is 170 cm³/mol. The maximum Gasteiger partial charge on any atom is 0.173 e. The van der Waals surface area contributed by atoms with Gasteiger partial charge in [0.2, 0.25) is 0 Å². The molecule has 1 heterocycles. The first-order chi connectivity index (χ1) is 20.3. The first kappa shape index (κ1) is 31.7. The number of furan rings is 1. The summed E-state index contributed by atoms with van der Waals surface area (Å²) in [5.74, 6) is 1.31. The summed E-state index contributed by atoms with van der Waals surface area (Å²) in [5, 5.41) is 0. The van der Waals surface area contributed by atoms with Gasteiger partial charge in [-0.3, -0.25) is 14.4 Å². The van der Waals surface area contributed by atoms with Crippen LogP contribution >= 0.6 is 0 Å². The zero-order chi connectivity index (χ0) is 30.1. The Hall–Kier alpha value is -3.27. The molecule has 4 rings (SSSR count). The van der Waals surface area contributed by atoms with Crippen molar-refractivity contribution in [2.75, 3.05) is 0 Å². The molecule has 0 amide bonds. The Morgan fingerprint density at radius 1 is 0.976 bits per heavy atom. The number of carbonyl (C=O) groups excluding carboxylic acids is 3. The highest BCUT2D eigenvalue weighted by molar-refractivity contribution is 6.02. The fraction of sp³-hybridized carbons (Fsp3) is 0.500. The number of hydrogen-bond acceptors (Lipinski definition) is 4. The van der Waals surface area contributed by atoms with E-state index in [0.29, 0.717) is 35.0 Å². The number of aryl methyl sites for hydroxylation is 3. The molecule has 1 fully saturated rings. The molecule has 1 aliphatic carbocycles. The SMILES string of the molecule is CCCC(CCCc1ccccc1C)c1ccc(C(=O)CCCCC2CCCC2=O)cc1C(C)C(=O)c1ccoc1C. The minimum Gasteiger partial charge on any atom is -0.469 e. The van der Waals surface area contributed by atoms with E-state index in [-0.39, 0.29) is 23.4 Å². The van der Waals surface area contributed by atoms with Crippen LogP contribution in [0.4, 0.5) is 0 Å². The lowest BCUT2D eigenvalue weighted by atomic mass is 9.79.